The summed E-state index contributed by atoms with van der Waals surface area (Å²) in [7, 11) is 0. The van der Waals surface area contributed by atoms with Gasteiger partial charge in [-0.1, -0.05) is 24.5 Å². The van der Waals surface area contributed by atoms with Gasteiger partial charge in [0, 0.05) is 12.6 Å². The normalized spacial score (nSPS) is 23.7. The molecule has 1 atom stereocenters. The van der Waals surface area contributed by atoms with Crippen LogP contribution in [-0.4, -0.2) is 19.1 Å². The maximum atomic E-state index is 5.87. The van der Waals surface area contributed by atoms with E-state index in [0.29, 0.717) is 6.04 Å². The zero-order valence-electron chi connectivity index (χ0n) is 10.4. The maximum absolute atomic E-state index is 5.87. The molecule has 2 rings (SSSR count). The number of hydrogen-bond donors (Lipinski definition) is 2. The Kier molecular flexibility index (Phi) is 4.86. The molecule has 1 fully saturated rings. The molecule has 0 spiro atoms. The number of hydrogen-bond acceptors (Lipinski definition) is 2. The van der Waals surface area contributed by atoms with Crippen molar-refractivity contribution in [3.63, 3.8) is 0 Å². The van der Waals surface area contributed by atoms with Crippen LogP contribution in [-0.2, 0) is 0 Å². The highest BCUT2D eigenvalue weighted by Gasteiger charge is 2.23. The van der Waals surface area contributed by atoms with Gasteiger partial charge in [-0.3, -0.25) is 0 Å². The Hall–Kier alpha value is -0.340. The Morgan fingerprint density at radius 2 is 2.12 bits per heavy atom. The molecule has 0 amide bonds. The lowest BCUT2D eigenvalue weighted by molar-refractivity contribution is 0.366. The molecule has 2 heteroatoms. The standard InChI is InChI=1S/C14H26N2/c15-11-14(13-7-3-4-8-13)16-10-9-12-5-1-2-6-12/h5,13-14,16H,1-4,6-11,15H2. The number of allylic oxidation sites excluding steroid dienone is 1. The first kappa shape index (κ1) is 12.1. The Labute approximate surface area is 99.7 Å². The minimum absolute atomic E-state index is 0.574. The molecular formula is C14H26N2. The first-order valence-corrected chi connectivity index (χ1v) is 7.01. The quantitative estimate of drug-likeness (QED) is 0.678. The van der Waals surface area contributed by atoms with Gasteiger partial charge in [0.1, 0.15) is 0 Å². The van der Waals surface area contributed by atoms with Crippen molar-refractivity contribution in [2.75, 3.05) is 13.1 Å². The van der Waals surface area contributed by atoms with Gasteiger partial charge in [0.2, 0.25) is 0 Å². The summed E-state index contributed by atoms with van der Waals surface area (Å²) in [5.41, 5.74) is 7.53. The van der Waals surface area contributed by atoms with Gasteiger partial charge in [-0.15, -0.1) is 0 Å². The van der Waals surface area contributed by atoms with Crippen molar-refractivity contribution < 1.29 is 0 Å². The van der Waals surface area contributed by atoms with Gasteiger partial charge in [0.15, 0.2) is 0 Å². The largest absolute Gasteiger partial charge is 0.329 e. The van der Waals surface area contributed by atoms with Crippen molar-refractivity contribution in [3.8, 4) is 0 Å². The van der Waals surface area contributed by atoms with Gasteiger partial charge in [-0.2, -0.15) is 0 Å². The fourth-order valence-electron chi connectivity index (χ4n) is 3.18. The van der Waals surface area contributed by atoms with Gasteiger partial charge in [0.05, 0.1) is 0 Å². The smallest absolute Gasteiger partial charge is 0.0218 e. The molecule has 1 saturated carbocycles. The molecule has 0 aromatic rings. The van der Waals surface area contributed by atoms with E-state index in [-0.39, 0.29) is 0 Å². The van der Waals surface area contributed by atoms with E-state index >= 15 is 0 Å². The van der Waals surface area contributed by atoms with Crippen molar-refractivity contribution in [1.82, 2.24) is 5.32 Å². The fraction of sp³-hybridized carbons (Fsp3) is 0.857. The lowest BCUT2D eigenvalue weighted by Crippen LogP contribution is -2.41. The average molecular weight is 222 g/mol. The lowest BCUT2D eigenvalue weighted by Gasteiger charge is -2.23. The minimum Gasteiger partial charge on any atom is -0.329 e. The third kappa shape index (κ3) is 3.33. The van der Waals surface area contributed by atoms with Gasteiger partial charge in [-0.25, -0.2) is 0 Å². The van der Waals surface area contributed by atoms with Crippen LogP contribution in [0.4, 0.5) is 0 Å². The number of nitrogens with one attached hydrogen (secondary N) is 1. The highest BCUT2D eigenvalue weighted by molar-refractivity contribution is 5.07. The van der Waals surface area contributed by atoms with Crippen LogP contribution in [0.25, 0.3) is 0 Å². The molecule has 0 aromatic heterocycles. The highest BCUT2D eigenvalue weighted by atomic mass is 14.9. The van der Waals surface area contributed by atoms with E-state index in [4.69, 9.17) is 5.73 Å². The van der Waals surface area contributed by atoms with Crippen LogP contribution >= 0.6 is 0 Å². The molecule has 92 valence electrons. The predicted molar refractivity (Wildman–Crippen MR) is 69.4 cm³/mol. The molecule has 0 radical (unpaired) electrons. The molecule has 2 aliphatic carbocycles. The molecule has 0 aromatic carbocycles. The molecule has 0 heterocycles. The molecule has 0 aliphatic heterocycles. The Balaban J connectivity index is 1.66. The van der Waals surface area contributed by atoms with E-state index in [1.54, 1.807) is 5.57 Å². The lowest BCUT2D eigenvalue weighted by atomic mass is 9.98. The third-order valence-electron chi connectivity index (χ3n) is 4.21. The monoisotopic (exact) mass is 222 g/mol. The fourth-order valence-corrected chi connectivity index (χ4v) is 3.18. The molecular weight excluding hydrogens is 196 g/mol. The summed E-state index contributed by atoms with van der Waals surface area (Å²) < 4.78 is 0. The Morgan fingerprint density at radius 3 is 2.75 bits per heavy atom. The van der Waals surface area contributed by atoms with Crippen molar-refractivity contribution in [3.05, 3.63) is 11.6 Å². The predicted octanol–water partition coefficient (Wildman–Crippen LogP) is 2.59. The summed E-state index contributed by atoms with van der Waals surface area (Å²) in [6, 6.07) is 0.574. The number of nitrogens with two attached hydrogens (primary N) is 1. The van der Waals surface area contributed by atoms with Crippen molar-refractivity contribution in [2.24, 2.45) is 11.7 Å². The number of rotatable bonds is 6. The Bertz CT molecular complexity index is 229. The zero-order chi connectivity index (χ0) is 11.2. The van der Waals surface area contributed by atoms with E-state index < -0.39 is 0 Å². The molecule has 3 N–H and O–H groups in total. The SMILES string of the molecule is NCC(NCCC1=CCCC1)C1CCCC1. The first-order chi connectivity index (χ1) is 7.90. The van der Waals surface area contributed by atoms with Crippen LogP contribution in [0.15, 0.2) is 11.6 Å². The minimum atomic E-state index is 0.574. The molecule has 0 saturated heterocycles. The molecule has 16 heavy (non-hydrogen) atoms. The van der Waals surface area contributed by atoms with Crippen molar-refractivity contribution >= 4 is 0 Å². The maximum Gasteiger partial charge on any atom is 0.0218 e. The summed E-state index contributed by atoms with van der Waals surface area (Å²) in [6.45, 7) is 1.94. The average Bonchev–Trinajstić information content (AvgIpc) is 2.96. The highest BCUT2D eigenvalue weighted by Crippen LogP contribution is 2.27. The van der Waals surface area contributed by atoms with Gasteiger partial charge in [-0.05, 0) is 51.0 Å². The molecule has 0 bridgehead atoms. The zero-order valence-corrected chi connectivity index (χ0v) is 10.4. The van der Waals surface area contributed by atoms with Crippen LogP contribution in [0.1, 0.15) is 51.4 Å². The van der Waals surface area contributed by atoms with Crippen LogP contribution < -0.4 is 11.1 Å². The van der Waals surface area contributed by atoms with E-state index in [1.807, 2.05) is 0 Å². The van der Waals surface area contributed by atoms with E-state index in [2.05, 4.69) is 11.4 Å². The van der Waals surface area contributed by atoms with E-state index in [0.717, 1.165) is 19.0 Å². The van der Waals surface area contributed by atoms with Gasteiger partial charge in [0.25, 0.3) is 0 Å². The van der Waals surface area contributed by atoms with E-state index in [1.165, 1.54) is 51.4 Å². The van der Waals surface area contributed by atoms with Crippen LogP contribution in [0, 0.1) is 5.92 Å². The first-order valence-electron chi connectivity index (χ1n) is 7.01. The molecule has 2 aliphatic rings. The van der Waals surface area contributed by atoms with E-state index in [9.17, 15) is 0 Å². The summed E-state index contributed by atoms with van der Waals surface area (Å²) in [5.74, 6) is 0.850. The van der Waals surface area contributed by atoms with Gasteiger partial charge < -0.3 is 11.1 Å². The summed E-state index contributed by atoms with van der Waals surface area (Å²) in [5, 5.41) is 3.67. The van der Waals surface area contributed by atoms with Crippen LogP contribution in [0.3, 0.4) is 0 Å². The van der Waals surface area contributed by atoms with Crippen LogP contribution in [0.2, 0.25) is 0 Å². The van der Waals surface area contributed by atoms with Gasteiger partial charge >= 0.3 is 0 Å². The molecule has 2 nitrogen and oxygen atoms in total. The van der Waals surface area contributed by atoms with Crippen molar-refractivity contribution in [2.45, 2.75) is 57.4 Å². The topological polar surface area (TPSA) is 38.0 Å². The second-order valence-electron chi connectivity index (χ2n) is 5.35. The summed E-state index contributed by atoms with van der Waals surface area (Å²) >= 11 is 0. The summed E-state index contributed by atoms with van der Waals surface area (Å²) in [6.07, 6.45) is 13.3. The molecule has 1 unspecified atom stereocenters. The second-order valence-corrected chi connectivity index (χ2v) is 5.35. The van der Waals surface area contributed by atoms with Crippen molar-refractivity contribution in [1.29, 1.82) is 0 Å². The Morgan fingerprint density at radius 1 is 1.31 bits per heavy atom. The van der Waals surface area contributed by atoms with Crippen LogP contribution in [0.5, 0.6) is 0 Å². The third-order valence-corrected chi connectivity index (χ3v) is 4.21. The summed E-state index contributed by atoms with van der Waals surface area (Å²) in [4.78, 5) is 0. The second kappa shape index (κ2) is 6.41.